The van der Waals surface area contributed by atoms with Crippen molar-refractivity contribution in [2.75, 3.05) is 25.4 Å². The number of unbranched alkanes of at least 4 members (excludes halogenated alkanes) is 1. The van der Waals surface area contributed by atoms with Crippen LogP contribution < -0.4 is 21.1 Å². The van der Waals surface area contributed by atoms with Crippen molar-refractivity contribution >= 4 is 33.8 Å². The number of carboxylic acid groups (broad SMARTS) is 1. The number of hydrogen-bond donors (Lipinski definition) is 8. The molecule has 6 unspecified atom stereocenters. The van der Waals surface area contributed by atoms with Gasteiger partial charge in [0.05, 0.1) is 47.1 Å². The van der Waals surface area contributed by atoms with Gasteiger partial charge in [-0.3, -0.25) is 14.4 Å². The molecule has 3 amide bonds. The monoisotopic (exact) mass is 895 g/mol. The number of hydrogen-bond acceptors (Lipinski definition) is 18. The van der Waals surface area contributed by atoms with Crippen LogP contribution in [0.3, 0.4) is 0 Å². The lowest BCUT2D eigenvalue weighted by Crippen LogP contribution is -2.67. The maximum atomic E-state index is 13.7. The molecule has 0 radical (unpaired) electrons. The Balaban J connectivity index is 1.57. The third-order valence-electron chi connectivity index (χ3n) is 12.1. The van der Waals surface area contributed by atoms with Gasteiger partial charge < -0.3 is 79.6 Å². The standard InChI is InChI=1S/C39H67N3O18S/c1-4-23-17-24(36(50)41-14-13-40-28(45)12-8-9-15-61(53,54)55)18-25(34(23)60-39-33(49)32(48)30(46)20(2)56-39)58-38-29(42-21(3)44)35(31(47)27(19-43)59-38)57-26(37(51)52)16-22-10-6-5-7-11-22/h20,22-27,29-35,38-39,43,46-49H,4-19H2,1-3H3,(H,40,45)(H,41,50)(H,42,44)(H,51,52)(H,53,54,55)/p-2/t20?,23?,24?,25-,26+,27+,29?,30-,31+,32+,33?,34-,35?,38-,39+/m1/s1. The van der Waals surface area contributed by atoms with Gasteiger partial charge >= 0.3 is 0 Å². The molecule has 8 N–H and O–H groups in total. The van der Waals surface area contributed by atoms with Crippen LogP contribution in [0.2, 0.25) is 0 Å². The van der Waals surface area contributed by atoms with Gasteiger partial charge in [0.1, 0.15) is 42.7 Å². The largest absolute Gasteiger partial charge is 0.748 e. The highest BCUT2D eigenvalue weighted by molar-refractivity contribution is 7.85. The summed E-state index contributed by atoms with van der Waals surface area (Å²) < 4.78 is 63.2. The molecule has 21 nitrogen and oxygen atoms in total. The van der Waals surface area contributed by atoms with Crippen molar-refractivity contribution in [3.05, 3.63) is 0 Å². The lowest BCUT2D eigenvalue weighted by molar-refractivity contribution is -0.343. The molecule has 2 aliphatic heterocycles. The van der Waals surface area contributed by atoms with Gasteiger partial charge in [-0.15, -0.1) is 0 Å². The normalized spacial score (nSPS) is 35.5. The molecule has 352 valence electrons. The number of carbonyl (C=O) groups excluding carboxylic acids is 4. The number of aliphatic hydroxyl groups excluding tert-OH is 5. The highest BCUT2D eigenvalue weighted by atomic mass is 32.2. The molecule has 0 aromatic heterocycles. The Bertz CT molecular complexity index is 1540. The van der Waals surface area contributed by atoms with Gasteiger partial charge in [0, 0.05) is 38.1 Å². The molecule has 0 aromatic carbocycles. The molecule has 15 atom stereocenters. The second-order valence-corrected chi connectivity index (χ2v) is 18.3. The Hall–Kier alpha value is -2.61. The van der Waals surface area contributed by atoms with Gasteiger partial charge in [0.25, 0.3) is 0 Å². The van der Waals surface area contributed by atoms with Gasteiger partial charge in [0.15, 0.2) is 12.6 Å². The van der Waals surface area contributed by atoms with Gasteiger partial charge in [-0.2, -0.15) is 0 Å². The van der Waals surface area contributed by atoms with Crippen molar-refractivity contribution in [1.29, 1.82) is 0 Å². The predicted octanol–water partition coefficient (Wildman–Crippen LogP) is -2.97. The zero-order valence-corrected chi connectivity index (χ0v) is 35.8. The maximum absolute atomic E-state index is 13.7. The van der Waals surface area contributed by atoms with E-state index in [-0.39, 0.29) is 57.5 Å². The number of aliphatic carboxylic acids is 1. The van der Waals surface area contributed by atoms with Crippen molar-refractivity contribution in [1.82, 2.24) is 16.0 Å². The minimum absolute atomic E-state index is 0.0159. The third-order valence-corrected chi connectivity index (χ3v) is 12.9. The summed E-state index contributed by atoms with van der Waals surface area (Å²) in [4.78, 5) is 51.1. The number of amides is 3. The fourth-order valence-corrected chi connectivity index (χ4v) is 9.31. The highest BCUT2D eigenvalue weighted by Gasteiger charge is 2.52. The predicted molar refractivity (Wildman–Crippen MR) is 207 cm³/mol. The summed E-state index contributed by atoms with van der Waals surface area (Å²) in [5.41, 5.74) is 0. The lowest BCUT2D eigenvalue weighted by Gasteiger charge is -2.49. The van der Waals surface area contributed by atoms with Gasteiger partial charge in [-0.1, -0.05) is 45.4 Å². The van der Waals surface area contributed by atoms with E-state index in [0.717, 1.165) is 32.1 Å². The summed E-state index contributed by atoms with van der Waals surface area (Å²) in [5, 5.41) is 74.0. The molecule has 4 fully saturated rings. The van der Waals surface area contributed by atoms with Gasteiger partial charge in [-0.05, 0) is 50.9 Å². The Morgan fingerprint density at radius 1 is 0.869 bits per heavy atom. The number of aliphatic hydroxyl groups is 5. The summed E-state index contributed by atoms with van der Waals surface area (Å²) in [6.07, 6.45) is -11.6. The zero-order valence-electron chi connectivity index (χ0n) is 35.0. The second-order valence-electron chi connectivity index (χ2n) is 16.7. The van der Waals surface area contributed by atoms with Crippen LogP contribution in [0.25, 0.3) is 0 Å². The first-order chi connectivity index (χ1) is 28.8. The van der Waals surface area contributed by atoms with Crippen molar-refractivity contribution in [2.45, 2.75) is 177 Å². The molecule has 22 heteroatoms. The number of rotatable bonds is 21. The molecule has 2 saturated carbocycles. The van der Waals surface area contributed by atoms with Crippen molar-refractivity contribution in [3.8, 4) is 0 Å². The Morgan fingerprint density at radius 2 is 1.56 bits per heavy atom. The second kappa shape index (κ2) is 23.9. The van der Waals surface area contributed by atoms with E-state index in [0.29, 0.717) is 6.42 Å². The summed E-state index contributed by atoms with van der Waals surface area (Å²) in [7, 11) is -4.38. The minimum Gasteiger partial charge on any atom is -0.748 e. The molecule has 4 rings (SSSR count). The molecule has 2 saturated heterocycles. The Morgan fingerprint density at radius 3 is 2.18 bits per heavy atom. The first-order valence-electron chi connectivity index (χ1n) is 21.4. The highest BCUT2D eigenvalue weighted by Crippen LogP contribution is 2.40. The average Bonchev–Trinajstić information content (AvgIpc) is 3.21. The summed E-state index contributed by atoms with van der Waals surface area (Å²) in [5.74, 6) is -4.77. The average molecular weight is 896 g/mol. The molecule has 0 bridgehead atoms. The van der Waals surface area contributed by atoms with E-state index in [9.17, 15) is 62.8 Å². The van der Waals surface area contributed by atoms with E-state index in [4.69, 9.17) is 23.7 Å². The van der Waals surface area contributed by atoms with E-state index in [2.05, 4.69) is 16.0 Å². The number of carbonyl (C=O) groups is 4. The first-order valence-corrected chi connectivity index (χ1v) is 23.0. The van der Waals surface area contributed by atoms with Crippen molar-refractivity contribution in [2.24, 2.45) is 17.8 Å². The van der Waals surface area contributed by atoms with E-state index in [1.807, 2.05) is 6.92 Å². The van der Waals surface area contributed by atoms with Crippen LogP contribution in [0.5, 0.6) is 0 Å². The van der Waals surface area contributed by atoms with E-state index in [1.165, 1.54) is 13.8 Å². The fourth-order valence-electron chi connectivity index (χ4n) is 8.75. The number of nitrogens with one attached hydrogen (secondary N) is 3. The SMILES string of the molecule is CCC1CC(C(=O)NCCNC(=O)CCCCS(=O)(=O)[O-])C[C@@H](O[C@@H]2O[C@@H](CO)[C@H](O)C(O[C@@H](CC3CCCCC3)C(=O)[O-])C2NC(C)=O)[C@@H]1O[C@@H]1OC(C)[C@@H](O)[C@H](O)C1O. The Labute approximate surface area is 356 Å². The topological polar surface area (TPSA) is 332 Å². The summed E-state index contributed by atoms with van der Waals surface area (Å²) in [6, 6.07) is -1.37. The molecular formula is C39H65N3O18S-2. The van der Waals surface area contributed by atoms with Crippen LogP contribution in [-0.4, -0.2) is 167 Å². The smallest absolute Gasteiger partial charge is 0.223 e. The van der Waals surface area contributed by atoms with Crippen LogP contribution in [0.1, 0.15) is 97.8 Å². The molecule has 2 heterocycles. The lowest BCUT2D eigenvalue weighted by atomic mass is 9.75. The minimum atomic E-state index is -4.38. The van der Waals surface area contributed by atoms with Crippen LogP contribution in [0, 0.1) is 17.8 Å². The molecule has 61 heavy (non-hydrogen) atoms. The number of carboxylic acids is 1. The zero-order chi connectivity index (χ0) is 45.0. The van der Waals surface area contributed by atoms with Gasteiger partial charge in [-0.25, -0.2) is 8.42 Å². The fraction of sp³-hybridized carbons (Fsp3) is 0.897. The van der Waals surface area contributed by atoms with Crippen LogP contribution >= 0.6 is 0 Å². The maximum Gasteiger partial charge on any atom is 0.223 e. The van der Waals surface area contributed by atoms with Crippen LogP contribution in [0.15, 0.2) is 0 Å². The molecule has 4 aliphatic rings. The number of ether oxygens (including phenoxy) is 5. The summed E-state index contributed by atoms with van der Waals surface area (Å²) in [6.45, 7) is 3.78. The third kappa shape index (κ3) is 15.0. The molecule has 0 spiro atoms. The van der Waals surface area contributed by atoms with Crippen LogP contribution in [0.4, 0.5) is 0 Å². The van der Waals surface area contributed by atoms with Crippen LogP contribution in [-0.2, 0) is 53.0 Å². The van der Waals surface area contributed by atoms with Gasteiger partial charge in [0.2, 0.25) is 17.7 Å². The van der Waals surface area contributed by atoms with E-state index in [1.54, 1.807) is 0 Å². The summed E-state index contributed by atoms with van der Waals surface area (Å²) >= 11 is 0. The Kier molecular flexibility index (Phi) is 20.0. The van der Waals surface area contributed by atoms with Crippen molar-refractivity contribution < 1.29 is 86.5 Å². The van der Waals surface area contributed by atoms with Crippen molar-refractivity contribution in [3.63, 3.8) is 0 Å². The van der Waals surface area contributed by atoms with E-state index >= 15 is 0 Å². The van der Waals surface area contributed by atoms with E-state index < -0.39 is 138 Å². The molecule has 0 aromatic rings. The quantitative estimate of drug-likeness (QED) is 0.0421. The molecular weight excluding hydrogens is 830 g/mol. The first kappa shape index (κ1) is 51.0. The molecule has 2 aliphatic carbocycles.